The lowest BCUT2D eigenvalue weighted by Crippen LogP contribution is -2.32. The van der Waals surface area contributed by atoms with E-state index in [0.717, 1.165) is 31.6 Å². The molecule has 160 valence electrons. The van der Waals surface area contributed by atoms with Crippen LogP contribution in [0.4, 0.5) is 11.4 Å². The molecule has 2 amide bonds. The SMILES string of the molecule is C=CCOc1ccccc1NC(=O)CNc1ccc(C(=O)N(CCC)CCC)cc1. The van der Waals surface area contributed by atoms with Crippen LogP contribution in [0.1, 0.15) is 37.0 Å². The molecule has 0 saturated heterocycles. The summed E-state index contributed by atoms with van der Waals surface area (Å²) in [5.41, 5.74) is 2.04. The Labute approximate surface area is 178 Å². The van der Waals surface area contributed by atoms with Gasteiger partial charge in [0.05, 0.1) is 12.2 Å². The maximum Gasteiger partial charge on any atom is 0.253 e. The Balaban J connectivity index is 1.91. The summed E-state index contributed by atoms with van der Waals surface area (Å²) in [6, 6.07) is 14.5. The van der Waals surface area contributed by atoms with Gasteiger partial charge >= 0.3 is 0 Å². The van der Waals surface area contributed by atoms with Gasteiger partial charge in [0.1, 0.15) is 12.4 Å². The highest BCUT2D eigenvalue weighted by molar-refractivity contribution is 5.96. The highest BCUT2D eigenvalue weighted by atomic mass is 16.5. The number of nitrogens with zero attached hydrogens (tertiary/aromatic N) is 1. The van der Waals surface area contributed by atoms with Crippen LogP contribution in [0.2, 0.25) is 0 Å². The average molecular weight is 410 g/mol. The van der Waals surface area contributed by atoms with Crippen molar-refractivity contribution in [2.75, 3.05) is 36.9 Å². The van der Waals surface area contributed by atoms with Crippen molar-refractivity contribution < 1.29 is 14.3 Å². The molecule has 0 spiro atoms. The molecule has 0 aliphatic carbocycles. The van der Waals surface area contributed by atoms with Gasteiger partial charge in [0.2, 0.25) is 5.91 Å². The average Bonchev–Trinajstić information content (AvgIpc) is 2.77. The van der Waals surface area contributed by atoms with Gasteiger partial charge in [-0.2, -0.15) is 0 Å². The Bertz CT molecular complexity index is 828. The summed E-state index contributed by atoms with van der Waals surface area (Å²) in [5, 5.41) is 5.92. The predicted molar refractivity (Wildman–Crippen MR) is 122 cm³/mol. The summed E-state index contributed by atoms with van der Waals surface area (Å²) in [7, 11) is 0. The minimum Gasteiger partial charge on any atom is -0.487 e. The highest BCUT2D eigenvalue weighted by Crippen LogP contribution is 2.23. The smallest absolute Gasteiger partial charge is 0.253 e. The fourth-order valence-electron chi connectivity index (χ4n) is 2.99. The molecule has 0 aromatic heterocycles. The predicted octanol–water partition coefficient (Wildman–Crippen LogP) is 4.56. The molecule has 0 atom stereocenters. The number of ether oxygens (including phenoxy) is 1. The Hall–Kier alpha value is -3.28. The quantitative estimate of drug-likeness (QED) is 0.504. The summed E-state index contributed by atoms with van der Waals surface area (Å²) in [4.78, 5) is 26.8. The van der Waals surface area contributed by atoms with Crippen LogP contribution in [0.5, 0.6) is 5.75 Å². The van der Waals surface area contributed by atoms with Gasteiger partial charge in [0.25, 0.3) is 5.91 Å². The summed E-state index contributed by atoms with van der Waals surface area (Å²) in [6.45, 7) is 9.74. The second-order valence-corrected chi connectivity index (χ2v) is 6.87. The first-order valence-corrected chi connectivity index (χ1v) is 10.3. The number of carbonyl (C=O) groups is 2. The summed E-state index contributed by atoms with van der Waals surface area (Å²) < 4.78 is 5.55. The van der Waals surface area contributed by atoms with E-state index >= 15 is 0 Å². The molecule has 0 unspecified atom stereocenters. The molecule has 0 saturated carbocycles. The van der Waals surface area contributed by atoms with E-state index in [1.807, 2.05) is 29.2 Å². The van der Waals surface area contributed by atoms with Gasteiger partial charge in [-0.15, -0.1) is 0 Å². The number of rotatable bonds is 12. The van der Waals surface area contributed by atoms with Crippen molar-refractivity contribution in [3.63, 3.8) is 0 Å². The Morgan fingerprint density at radius 3 is 2.33 bits per heavy atom. The van der Waals surface area contributed by atoms with Gasteiger partial charge in [0, 0.05) is 24.3 Å². The van der Waals surface area contributed by atoms with Crippen LogP contribution in [-0.2, 0) is 4.79 Å². The second-order valence-electron chi connectivity index (χ2n) is 6.87. The third kappa shape index (κ3) is 6.95. The first-order chi connectivity index (χ1) is 14.6. The van der Waals surface area contributed by atoms with Crippen LogP contribution in [-0.4, -0.2) is 43.0 Å². The Morgan fingerprint density at radius 2 is 1.70 bits per heavy atom. The molecule has 0 bridgehead atoms. The molecule has 6 heteroatoms. The summed E-state index contributed by atoms with van der Waals surface area (Å²) >= 11 is 0. The maximum atomic E-state index is 12.6. The zero-order chi connectivity index (χ0) is 21.8. The van der Waals surface area contributed by atoms with Crippen LogP contribution in [0.25, 0.3) is 0 Å². The van der Waals surface area contributed by atoms with Crippen molar-refractivity contribution in [3.05, 3.63) is 66.7 Å². The first kappa shape index (κ1) is 23.0. The van der Waals surface area contributed by atoms with Crippen LogP contribution in [0, 0.1) is 0 Å². The van der Waals surface area contributed by atoms with E-state index in [0.29, 0.717) is 23.6 Å². The minimum absolute atomic E-state index is 0.0409. The van der Waals surface area contributed by atoms with E-state index in [1.54, 1.807) is 30.3 Å². The third-order valence-electron chi connectivity index (χ3n) is 4.38. The molecule has 0 heterocycles. The van der Waals surface area contributed by atoms with E-state index in [4.69, 9.17) is 4.74 Å². The van der Waals surface area contributed by atoms with Gasteiger partial charge in [-0.1, -0.05) is 38.6 Å². The molecule has 6 nitrogen and oxygen atoms in total. The molecule has 2 N–H and O–H groups in total. The molecule has 0 radical (unpaired) electrons. The number of hydrogen-bond acceptors (Lipinski definition) is 4. The lowest BCUT2D eigenvalue weighted by Gasteiger charge is -2.21. The lowest BCUT2D eigenvalue weighted by atomic mass is 10.1. The van der Waals surface area contributed by atoms with Crippen molar-refractivity contribution >= 4 is 23.2 Å². The van der Waals surface area contributed by atoms with Crippen LogP contribution < -0.4 is 15.4 Å². The van der Waals surface area contributed by atoms with Crippen molar-refractivity contribution in [3.8, 4) is 5.75 Å². The molecule has 30 heavy (non-hydrogen) atoms. The van der Waals surface area contributed by atoms with Gasteiger partial charge < -0.3 is 20.3 Å². The lowest BCUT2D eigenvalue weighted by molar-refractivity contribution is -0.114. The zero-order valence-corrected chi connectivity index (χ0v) is 17.8. The molecule has 2 rings (SSSR count). The van der Waals surface area contributed by atoms with E-state index in [2.05, 4.69) is 31.1 Å². The Morgan fingerprint density at radius 1 is 1.03 bits per heavy atom. The fraction of sp³-hybridized carbons (Fsp3) is 0.333. The molecule has 2 aromatic rings. The highest BCUT2D eigenvalue weighted by Gasteiger charge is 2.14. The summed E-state index contributed by atoms with van der Waals surface area (Å²) in [5.74, 6) is 0.443. The monoisotopic (exact) mass is 409 g/mol. The number of amides is 2. The first-order valence-electron chi connectivity index (χ1n) is 10.3. The van der Waals surface area contributed by atoms with Gasteiger partial charge in [-0.25, -0.2) is 0 Å². The zero-order valence-electron chi connectivity index (χ0n) is 17.8. The molecular weight excluding hydrogens is 378 g/mol. The fourth-order valence-corrected chi connectivity index (χ4v) is 2.99. The molecule has 2 aromatic carbocycles. The molecular formula is C24H31N3O3. The molecule has 0 fully saturated rings. The van der Waals surface area contributed by atoms with Crippen molar-refractivity contribution in [1.82, 2.24) is 4.90 Å². The van der Waals surface area contributed by atoms with Gasteiger partial charge in [0.15, 0.2) is 0 Å². The number of carbonyl (C=O) groups excluding carboxylic acids is 2. The topological polar surface area (TPSA) is 70.7 Å². The van der Waals surface area contributed by atoms with E-state index in [9.17, 15) is 9.59 Å². The minimum atomic E-state index is -0.193. The molecule has 0 aliphatic heterocycles. The van der Waals surface area contributed by atoms with Crippen LogP contribution in [0.15, 0.2) is 61.2 Å². The van der Waals surface area contributed by atoms with Crippen LogP contribution >= 0.6 is 0 Å². The number of para-hydroxylation sites is 2. The summed E-state index contributed by atoms with van der Waals surface area (Å²) in [6.07, 6.45) is 3.52. The molecule has 0 aliphatic rings. The number of benzene rings is 2. The number of nitrogens with one attached hydrogen (secondary N) is 2. The van der Waals surface area contributed by atoms with E-state index in [1.165, 1.54) is 0 Å². The normalized spacial score (nSPS) is 10.2. The maximum absolute atomic E-state index is 12.6. The van der Waals surface area contributed by atoms with E-state index in [-0.39, 0.29) is 18.4 Å². The third-order valence-corrected chi connectivity index (χ3v) is 4.38. The van der Waals surface area contributed by atoms with Crippen LogP contribution in [0.3, 0.4) is 0 Å². The van der Waals surface area contributed by atoms with E-state index < -0.39 is 0 Å². The van der Waals surface area contributed by atoms with Crippen molar-refractivity contribution in [2.45, 2.75) is 26.7 Å². The van der Waals surface area contributed by atoms with Gasteiger partial charge in [-0.05, 0) is 49.2 Å². The Kier molecular flexibility index (Phi) is 9.45. The number of hydrogen-bond donors (Lipinski definition) is 2. The largest absolute Gasteiger partial charge is 0.487 e. The number of anilines is 2. The van der Waals surface area contributed by atoms with Gasteiger partial charge in [-0.3, -0.25) is 9.59 Å². The van der Waals surface area contributed by atoms with Crippen molar-refractivity contribution in [1.29, 1.82) is 0 Å². The van der Waals surface area contributed by atoms with Crippen molar-refractivity contribution in [2.24, 2.45) is 0 Å². The standard InChI is InChI=1S/C24H31N3O3/c1-4-15-27(16-5-2)24(29)19-11-13-20(14-12-19)25-18-23(28)26-21-9-7-8-10-22(21)30-17-6-3/h6-14,25H,3-5,15-18H2,1-2H3,(H,26,28). The second kappa shape index (κ2) is 12.3.